The quantitative estimate of drug-likeness (QED) is 0.813. The maximum atomic E-state index is 12.2. The molecule has 1 atom stereocenters. The Morgan fingerprint density at radius 1 is 1.39 bits per heavy atom. The predicted molar refractivity (Wildman–Crippen MR) is 73.9 cm³/mol. The summed E-state index contributed by atoms with van der Waals surface area (Å²) in [6, 6.07) is 7.38. The van der Waals surface area contributed by atoms with Crippen molar-refractivity contribution in [2.75, 3.05) is 26.0 Å². The molecule has 0 saturated heterocycles. The van der Waals surface area contributed by atoms with Crippen LogP contribution >= 0.6 is 0 Å². The van der Waals surface area contributed by atoms with Crippen LogP contribution in [0.3, 0.4) is 0 Å². The summed E-state index contributed by atoms with van der Waals surface area (Å²) in [5.41, 5.74) is 0.765. The second-order valence-electron chi connectivity index (χ2n) is 4.63. The third kappa shape index (κ3) is 4.04. The van der Waals surface area contributed by atoms with Crippen LogP contribution in [0.25, 0.3) is 0 Å². The number of rotatable bonds is 6. The monoisotopic (exact) mass is 250 g/mol. The average Bonchev–Trinajstić information content (AvgIpc) is 2.35. The summed E-state index contributed by atoms with van der Waals surface area (Å²) in [5.74, 6) is 1.03. The topological polar surface area (TPSA) is 50.4 Å². The molecule has 1 amide bonds. The Balaban J connectivity index is 2.72. The summed E-state index contributed by atoms with van der Waals surface area (Å²) in [7, 11) is 3.47. The lowest BCUT2D eigenvalue weighted by molar-refractivity contribution is -0.120. The van der Waals surface area contributed by atoms with E-state index < -0.39 is 0 Å². The number of carbonyl (C=O) groups is 1. The molecule has 1 unspecified atom stereocenters. The van der Waals surface area contributed by atoms with E-state index in [1.807, 2.05) is 45.2 Å². The van der Waals surface area contributed by atoms with Crippen molar-refractivity contribution in [3.63, 3.8) is 0 Å². The van der Waals surface area contributed by atoms with E-state index in [1.54, 1.807) is 7.11 Å². The van der Waals surface area contributed by atoms with Gasteiger partial charge in [-0.05, 0) is 25.1 Å². The first-order valence-corrected chi connectivity index (χ1v) is 6.18. The molecule has 4 heteroatoms. The van der Waals surface area contributed by atoms with Gasteiger partial charge in [-0.15, -0.1) is 0 Å². The molecule has 4 nitrogen and oxygen atoms in total. The highest BCUT2D eigenvalue weighted by Crippen LogP contribution is 2.19. The van der Waals surface area contributed by atoms with Crippen LogP contribution in [0.2, 0.25) is 0 Å². The fraction of sp³-hybridized carbons (Fsp3) is 0.500. The molecule has 0 spiro atoms. The lowest BCUT2D eigenvalue weighted by Gasteiger charge is -2.20. The smallest absolute Gasteiger partial charge is 0.229 e. The van der Waals surface area contributed by atoms with Crippen LogP contribution in [-0.4, -0.2) is 26.6 Å². The van der Waals surface area contributed by atoms with Gasteiger partial charge in [-0.2, -0.15) is 0 Å². The van der Waals surface area contributed by atoms with Crippen LogP contribution in [0.1, 0.15) is 13.8 Å². The van der Waals surface area contributed by atoms with E-state index >= 15 is 0 Å². The van der Waals surface area contributed by atoms with Crippen LogP contribution < -0.4 is 15.4 Å². The maximum Gasteiger partial charge on any atom is 0.229 e. The van der Waals surface area contributed by atoms with Gasteiger partial charge in [0, 0.05) is 18.3 Å². The van der Waals surface area contributed by atoms with Gasteiger partial charge in [0.2, 0.25) is 5.91 Å². The summed E-state index contributed by atoms with van der Waals surface area (Å²) in [6.07, 6.45) is 0. The molecule has 18 heavy (non-hydrogen) atoms. The summed E-state index contributed by atoms with van der Waals surface area (Å²) in [5, 5.41) is 5.98. The fourth-order valence-corrected chi connectivity index (χ4v) is 1.79. The number of carbonyl (C=O) groups excluding carboxylic acids is 1. The molecule has 2 N–H and O–H groups in total. The first-order chi connectivity index (χ1) is 8.58. The van der Waals surface area contributed by atoms with Gasteiger partial charge in [0.25, 0.3) is 0 Å². The van der Waals surface area contributed by atoms with E-state index in [0.717, 1.165) is 11.4 Å². The molecular weight excluding hydrogens is 228 g/mol. The summed E-state index contributed by atoms with van der Waals surface area (Å²) < 4.78 is 5.13. The van der Waals surface area contributed by atoms with E-state index in [9.17, 15) is 4.79 Å². The zero-order chi connectivity index (χ0) is 13.5. The molecular formula is C14H22N2O2. The first kappa shape index (κ1) is 14.5. The average molecular weight is 250 g/mol. The van der Waals surface area contributed by atoms with Crippen molar-refractivity contribution in [2.24, 2.45) is 11.8 Å². The number of nitrogens with one attached hydrogen (secondary N) is 2. The van der Waals surface area contributed by atoms with E-state index in [1.165, 1.54) is 0 Å². The van der Waals surface area contributed by atoms with E-state index in [2.05, 4.69) is 10.6 Å². The van der Waals surface area contributed by atoms with Crippen LogP contribution in [0.5, 0.6) is 5.75 Å². The Morgan fingerprint density at radius 2 is 2.11 bits per heavy atom. The van der Waals surface area contributed by atoms with Crippen molar-refractivity contribution in [1.82, 2.24) is 5.32 Å². The van der Waals surface area contributed by atoms with Crippen molar-refractivity contribution in [3.05, 3.63) is 24.3 Å². The van der Waals surface area contributed by atoms with Crippen LogP contribution in [0, 0.1) is 11.8 Å². The minimum atomic E-state index is -0.0406. The van der Waals surface area contributed by atoms with Crippen molar-refractivity contribution in [2.45, 2.75) is 13.8 Å². The van der Waals surface area contributed by atoms with Crippen molar-refractivity contribution in [3.8, 4) is 5.75 Å². The van der Waals surface area contributed by atoms with Crippen molar-refractivity contribution < 1.29 is 9.53 Å². The Kier molecular flexibility index (Phi) is 5.65. The molecule has 1 aromatic rings. The standard InChI is InChI=1S/C14H22N2O2/c1-10(2)13(9-15-3)14(17)16-11-6-5-7-12(8-11)18-4/h5-8,10,13,15H,9H2,1-4H3,(H,16,17). The molecule has 1 aromatic carbocycles. The minimum absolute atomic E-state index is 0.0348. The van der Waals surface area contributed by atoms with Gasteiger partial charge in [-0.1, -0.05) is 19.9 Å². The van der Waals surface area contributed by atoms with Crippen molar-refractivity contribution in [1.29, 1.82) is 0 Å². The summed E-state index contributed by atoms with van der Waals surface area (Å²) in [6.45, 7) is 4.77. The first-order valence-electron chi connectivity index (χ1n) is 6.18. The molecule has 0 aromatic heterocycles. The molecule has 0 saturated carbocycles. The summed E-state index contributed by atoms with van der Waals surface area (Å²) >= 11 is 0. The Hall–Kier alpha value is -1.55. The largest absolute Gasteiger partial charge is 0.497 e. The Morgan fingerprint density at radius 3 is 2.67 bits per heavy atom. The molecule has 0 aliphatic rings. The molecule has 0 bridgehead atoms. The zero-order valence-corrected chi connectivity index (χ0v) is 11.5. The number of ether oxygens (including phenoxy) is 1. The third-order valence-electron chi connectivity index (χ3n) is 2.90. The van der Waals surface area contributed by atoms with Gasteiger partial charge in [-0.3, -0.25) is 4.79 Å². The molecule has 100 valence electrons. The highest BCUT2D eigenvalue weighted by Gasteiger charge is 2.21. The second kappa shape index (κ2) is 7.01. The Labute approximate surface area is 109 Å². The van der Waals surface area contributed by atoms with Crippen LogP contribution in [0.15, 0.2) is 24.3 Å². The molecule has 0 heterocycles. The van der Waals surface area contributed by atoms with E-state index in [0.29, 0.717) is 12.5 Å². The molecule has 0 fully saturated rings. The molecule has 0 aliphatic carbocycles. The molecule has 0 aliphatic heterocycles. The highest BCUT2D eigenvalue weighted by atomic mass is 16.5. The van der Waals surface area contributed by atoms with E-state index in [4.69, 9.17) is 4.74 Å². The number of amides is 1. The van der Waals surface area contributed by atoms with Gasteiger partial charge in [0.15, 0.2) is 0 Å². The number of methoxy groups -OCH3 is 1. The minimum Gasteiger partial charge on any atom is -0.497 e. The van der Waals surface area contributed by atoms with Gasteiger partial charge in [0.05, 0.1) is 13.0 Å². The Bertz CT molecular complexity index is 391. The maximum absolute atomic E-state index is 12.2. The highest BCUT2D eigenvalue weighted by molar-refractivity contribution is 5.93. The van der Waals surface area contributed by atoms with Gasteiger partial charge in [-0.25, -0.2) is 0 Å². The van der Waals surface area contributed by atoms with Crippen LogP contribution in [0.4, 0.5) is 5.69 Å². The lowest BCUT2D eigenvalue weighted by atomic mass is 9.95. The van der Waals surface area contributed by atoms with Crippen LogP contribution in [-0.2, 0) is 4.79 Å². The normalized spacial score (nSPS) is 12.3. The van der Waals surface area contributed by atoms with E-state index in [-0.39, 0.29) is 11.8 Å². The number of anilines is 1. The fourth-order valence-electron chi connectivity index (χ4n) is 1.79. The second-order valence-corrected chi connectivity index (χ2v) is 4.63. The number of hydrogen-bond acceptors (Lipinski definition) is 3. The zero-order valence-electron chi connectivity index (χ0n) is 11.5. The number of hydrogen-bond donors (Lipinski definition) is 2. The van der Waals surface area contributed by atoms with Gasteiger partial charge >= 0.3 is 0 Å². The van der Waals surface area contributed by atoms with Gasteiger partial charge in [0.1, 0.15) is 5.75 Å². The predicted octanol–water partition coefficient (Wildman–Crippen LogP) is 2.13. The SMILES string of the molecule is CNCC(C(=O)Nc1cccc(OC)c1)C(C)C. The lowest BCUT2D eigenvalue weighted by Crippen LogP contribution is -2.34. The third-order valence-corrected chi connectivity index (χ3v) is 2.90. The summed E-state index contributed by atoms with van der Waals surface area (Å²) in [4.78, 5) is 12.2. The number of benzene rings is 1. The van der Waals surface area contributed by atoms with Gasteiger partial charge < -0.3 is 15.4 Å². The van der Waals surface area contributed by atoms with Crippen molar-refractivity contribution >= 4 is 11.6 Å². The molecule has 0 radical (unpaired) electrons. The molecule has 1 rings (SSSR count).